The Morgan fingerprint density at radius 1 is 0.396 bits per heavy atom. The number of imidazole rings is 2. The highest BCUT2D eigenvalue weighted by Gasteiger charge is 2.18. The van der Waals surface area contributed by atoms with Crippen LogP contribution in [0.25, 0.3) is 98.6 Å². The van der Waals surface area contributed by atoms with E-state index < -0.39 is 0 Å². The van der Waals surface area contributed by atoms with Gasteiger partial charge in [-0.05, 0) is 101 Å². The quantitative estimate of drug-likeness (QED) is 0.173. The summed E-state index contributed by atoms with van der Waals surface area (Å²) < 4.78 is 4.71. The first-order valence-corrected chi connectivity index (χ1v) is 16.5. The molecule has 11 aromatic rings. The summed E-state index contributed by atoms with van der Waals surface area (Å²) >= 11 is 0. The Labute approximate surface area is 275 Å². The Balaban J connectivity index is 1.26. The van der Waals surface area contributed by atoms with Crippen molar-refractivity contribution in [1.82, 2.24) is 18.8 Å². The van der Waals surface area contributed by atoms with Crippen LogP contribution >= 0.6 is 0 Å². The van der Waals surface area contributed by atoms with E-state index in [-0.39, 0.29) is 0 Å². The molecule has 48 heavy (non-hydrogen) atoms. The third-order valence-corrected chi connectivity index (χ3v) is 10.3. The van der Waals surface area contributed by atoms with E-state index in [1.807, 2.05) is 0 Å². The lowest BCUT2D eigenvalue weighted by Crippen LogP contribution is -1.94. The van der Waals surface area contributed by atoms with Crippen LogP contribution in [0, 0.1) is 13.8 Å². The van der Waals surface area contributed by atoms with Gasteiger partial charge in [0.15, 0.2) is 0 Å². The van der Waals surface area contributed by atoms with Crippen molar-refractivity contribution in [2.75, 3.05) is 0 Å². The van der Waals surface area contributed by atoms with Crippen LogP contribution < -0.4 is 0 Å². The van der Waals surface area contributed by atoms with Crippen LogP contribution in [0.5, 0.6) is 0 Å². The van der Waals surface area contributed by atoms with Gasteiger partial charge in [-0.15, -0.1) is 0 Å². The third-order valence-electron chi connectivity index (χ3n) is 10.3. The first-order chi connectivity index (χ1) is 23.6. The fraction of sp³-hybridized carbons (Fsp3) is 0.0455. The van der Waals surface area contributed by atoms with Crippen LogP contribution in [-0.4, -0.2) is 18.8 Å². The highest BCUT2D eigenvalue weighted by molar-refractivity contribution is 6.23. The maximum Gasteiger partial charge on any atom is 0.147 e. The van der Waals surface area contributed by atoms with E-state index in [1.54, 1.807) is 0 Å². The van der Waals surface area contributed by atoms with Crippen LogP contribution in [-0.2, 0) is 0 Å². The van der Waals surface area contributed by atoms with Crippen LogP contribution in [0.2, 0.25) is 0 Å². The molecule has 11 rings (SSSR count). The van der Waals surface area contributed by atoms with E-state index in [0.29, 0.717) is 0 Å². The molecular weight excluding hydrogens is 585 g/mol. The van der Waals surface area contributed by atoms with Gasteiger partial charge in [-0.25, -0.2) is 9.97 Å². The van der Waals surface area contributed by atoms with Gasteiger partial charge in [0.05, 0.1) is 33.1 Å². The van der Waals surface area contributed by atoms with Crippen molar-refractivity contribution >= 4 is 87.5 Å². The SMILES string of the molecule is Cc1ccc2c(c1)c1ccc(-c3ccc4c5ccc6ccccc6c5c5nc6ccc(C)cc6n5c4c3)cc1c1nc3ccccc3n21. The summed E-state index contributed by atoms with van der Waals surface area (Å²) in [5, 5.41) is 9.71. The van der Waals surface area contributed by atoms with Crippen molar-refractivity contribution in [3.63, 3.8) is 0 Å². The van der Waals surface area contributed by atoms with Crippen molar-refractivity contribution in [2.24, 2.45) is 0 Å². The second kappa shape index (κ2) is 9.18. The van der Waals surface area contributed by atoms with Crippen LogP contribution in [0.15, 0.2) is 133 Å². The fourth-order valence-electron chi connectivity index (χ4n) is 8.11. The minimum absolute atomic E-state index is 0.988. The molecule has 0 fully saturated rings. The molecule has 0 aliphatic heterocycles. The monoisotopic (exact) mass is 612 g/mol. The van der Waals surface area contributed by atoms with Crippen LogP contribution in [0.3, 0.4) is 0 Å². The second-order valence-electron chi connectivity index (χ2n) is 13.2. The lowest BCUT2D eigenvalue weighted by Gasteiger charge is -2.14. The highest BCUT2D eigenvalue weighted by Crippen LogP contribution is 2.40. The average Bonchev–Trinajstić information content (AvgIpc) is 3.70. The molecule has 4 heterocycles. The number of rotatable bonds is 1. The first kappa shape index (κ1) is 25.9. The zero-order valence-electron chi connectivity index (χ0n) is 26.5. The number of hydrogen-bond acceptors (Lipinski definition) is 2. The number of pyridine rings is 2. The predicted octanol–water partition coefficient (Wildman–Crippen LogP) is 11.3. The summed E-state index contributed by atoms with van der Waals surface area (Å²) in [6, 6.07) is 48.7. The Hall–Kier alpha value is -6.26. The van der Waals surface area contributed by atoms with E-state index in [9.17, 15) is 0 Å². The van der Waals surface area contributed by atoms with Gasteiger partial charge in [0, 0.05) is 21.5 Å². The minimum atomic E-state index is 0.988. The largest absolute Gasteiger partial charge is 0.292 e. The second-order valence-corrected chi connectivity index (χ2v) is 13.2. The van der Waals surface area contributed by atoms with E-state index in [0.717, 1.165) is 49.8 Å². The molecule has 0 spiro atoms. The lowest BCUT2D eigenvalue weighted by atomic mass is 9.96. The molecule has 4 nitrogen and oxygen atoms in total. The smallest absolute Gasteiger partial charge is 0.147 e. The fourth-order valence-corrected chi connectivity index (χ4v) is 8.11. The van der Waals surface area contributed by atoms with Crippen molar-refractivity contribution in [3.05, 3.63) is 145 Å². The zero-order chi connectivity index (χ0) is 31.7. The highest BCUT2D eigenvalue weighted by atomic mass is 15.0. The first-order valence-electron chi connectivity index (χ1n) is 16.5. The van der Waals surface area contributed by atoms with Crippen LogP contribution in [0.1, 0.15) is 11.1 Å². The Morgan fingerprint density at radius 3 is 2.04 bits per heavy atom. The number of hydrogen-bond donors (Lipinski definition) is 0. The molecule has 0 saturated carbocycles. The van der Waals surface area contributed by atoms with Gasteiger partial charge in [-0.2, -0.15) is 0 Å². The third kappa shape index (κ3) is 3.38. The summed E-state index contributed by atoms with van der Waals surface area (Å²) in [6.45, 7) is 4.32. The van der Waals surface area contributed by atoms with Gasteiger partial charge < -0.3 is 0 Å². The molecule has 0 amide bonds. The molecule has 0 N–H and O–H groups in total. The average molecular weight is 613 g/mol. The van der Waals surface area contributed by atoms with Crippen molar-refractivity contribution in [1.29, 1.82) is 0 Å². The van der Waals surface area contributed by atoms with Crippen LogP contribution in [0.4, 0.5) is 0 Å². The number of para-hydroxylation sites is 2. The topological polar surface area (TPSA) is 34.6 Å². The minimum Gasteiger partial charge on any atom is -0.292 e. The molecular formula is C44H28N4. The molecule has 4 heteroatoms. The Bertz CT molecular complexity index is 3200. The van der Waals surface area contributed by atoms with Crippen molar-refractivity contribution < 1.29 is 0 Å². The van der Waals surface area contributed by atoms with Gasteiger partial charge in [-0.1, -0.05) is 90.5 Å². The molecule has 0 aliphatic carbocycles. The Kier molecular flexibility index (Phi) is 4.95. The number of aryl methyl sites for hydroxylation is 2. The van der Waals surface area contributed by atoms with Gasteiger partial charge in [0.1, 0.15) is 11.3 Å². The summed E-state index contributed by atoms with van der Waals surface area (Å²) in [7, 11) is 0. The van der Waals surface area contributed by atoms with Gasteiger partial charge in [-0.3, -0.25) is 8.80 Å². The number of benzene rings is 7. The standard InChI is InChI=1S/C44H28N4/c1-25-12-20-38-34(21-25)31-16-14-28(23-35(31)43-45-36-9-5-6-10-39(36)47(38)43)29-15-17-32-33-18-13-27-7-3-4-8-30(27)42(33)44-46-37-19-11-26(2)22-41(37)48(44)40(32)24-29/h3-24H,1-2H3. The van der Waals surface area contributed by atoms with Crippen molar-refractivity contribution in [2.45, 2.75) is 13.8 Å². The van der Waals surface area contributed by atoms with E-state index in [4.69, 9.17) is 9.97 Å². The predicted molar refractivity (Wildman–Crippen MR) is 201 cm³/mol. The molecule has 0 radical (unpaired) electrons. The molecule has 0 unspecified atom stereocenters. The summed E-state index contributed by atoms with van der Waals surface area (Å²) in [6.07, 6.45) is 0. The Morgan fingerprint density at radius 2 is 1.10 bits per heavy atom. The molecule has 0 aliphatic rings. The van der Waals surface area contributed by atoms with Crippen molar-refractivity contribution in [3.8, 4) is 11.1 Å². The summed E-state index contributed by atoms with van der Waals surface area (Å²) in [5.74, 6) is 0. The molecule has 0 bridgehead atoms. The molecule has 7 aromatic carbocycles. The van der Waals surface area contributed by atoms with Gasteiger partial charge >= 0.3 is 0 Å². The van der Waals surface area contributed by atoms with E-state index in [1.165, 1.54) is 59.9 Å². The maximum absolute atomic E-state index is 5.27. The number of fused-ring (bicyclic) bond motifs is 18. The van der Waals surface area contributed by atoms with E-state index >= 15 is 0 Å². The van der Waals surface area contributed by atoms with E-state index in [2.05, 4.69) is 156 Å². The lowest BCUT2D eigenvalue weighted by molar-refractivity contribution is 1.31. The molecule has 224 valence electrons. The normalized spacial score (nSPS) is 12.4. The van der Waals surface area contributed by atoms with Gasteiger partial charge in [0.25, 0.3) is 0 Å². The summed E-state index contributed by atoms with van der Waals surface area (Å²) in [5.41, 5.74) is 13.4. The molecule has 0 saturated heterocycles. The molecule has 4 aromatic heterocycles. The van der Waals surface area contributed by atoms with Gasteiger partial charge in [0.2, 0.25) is 0 Å². The molecule has 0 atom stereocenters. The number of aromatic nitrogens is 4. The number of nitrogens with zero attached hydrogens (tertiary/aromatic N) is 4. The summed E-state index contributed by atoms with van der Waals surface area (Å²) in [4.78, 5) is 10.5. The zero-order valence-corrected chi connectivity index (χ0v) is 26.5. The maximum atomic E-state index is 5.27.